The Morgan fingerprint density at radius 2 is 1.47 bits per heavy atom. The quantitative estimate of drug-likeness (QED) is 0.257. The van der Waals surface area contributed by atoms with Crippen LogP contribution in [0.2, 0.25) is 0 Å². The van der Waals surface area contributed by atoms with Gasteiger partial charge in [0.25, 0.3) is 17.7 Å². The second-order valence-corrected chi connectivity index (χ2v) is 9.39. The van der Waals surface area contributed by atoms with Crippen LogP contribution in [0.4, 0.5) is 17.1 Å². The first-order valence-corrected chi connectivity index (χ1v) is 12.3. The number of nitrogens with zero attached hydrogens (tertiary/aromatic N) is 4. The third-order valence-corrected chi connectivity index (χ3v) is 6.10. The normalized spacial score (nSPS) is 13.7. The lowest BCUT2D eigenvalue weighted by molar-refractivity contribution is 0.0941. The molecule has 3 aromatic rings. The molecule has 4 rings (SSSR count). The third-order valence-electron chi connectivity index (χ3n) is 6.10. The lowest BCUT2D eigenvalue weighted by Crippen LogP contribution is -2.48. The van der Waals surface area contributed by atoms with E-state index in [4.69, 9.17) is 5.73 Å². The number of aryl methyl sites for hydroxylation is 3. The fourth-order valence-electron chi connectivity index (χ4n) is 4.17. The number of hydrogen-bond donors (Lipinski definition) is 6. The van der Waals surface area contributed by atoms with E-state index in [2.05, 4.69) is 31.6 Å². The van der Waals surface area contributed by atoms with Crippen molar-refractivity contribution in [3.05, 3.63) is 53.9 Å². The van der Waals surface area contributed by atoms with Crippen LogP contribution in [0.1, 0.15) is 44.8 Å². The number of anilines is 3. The molecule has 0 saturated carbocycles. The zero-order chi connectivity index (χ0) is 27.4. The molecule has 0 aromatic carbocycles. The van der Waals surface area contributed by atoms with E-state index in [1.54, 1.807) is 71.6 Å². The maximum absolute atomic E-state index is 13.0. The Bertz CT molecular complexity index is 1380. The van der Waals surface area contributed by atoms with Crippen LogP contribution in [-0.2, 0) is 21.1 Å². The van der Waals surface area contributed by atoms with Crippen molar-refractivity contribution in [2.75, 3.05) is 36.0 Å². The Hall–Kier alpha value is -4.68. The van der Waals surface area contributed by atoms with Crippen LogP contribution in [0.3, 0.4) is 0 Å². The van der Waals surface area contributed by atoms with E-state index in [1.165, 1.54) is 0 Å². The smallest absolute Gasteiger partial charge is 0.272 e. The van der Waals surface area contributed by atoms with Crippen molar-refractivity contribution >= 4 is 40.7 Å². The highest BCUT2D eigenvalue weighted by Gasteiger charge is 2.19. The molecule has 0 spiro atoms. The van der Waals surface area contributed by atoms with Crippen LogP contribution in [0.15, 0.2) is 41.8 Å². The highest BCUT2D eigenvalue weighted by molar-refractivity contribution is 6.07. The molecule has 0 radical (unpaired) electrons. The minimum Gasteiger partial charge on any atom is -0.397 e. The minimum absolute atomic E-state index is 0.0197. The summed E-state index contributed by atoms with van der Waals surface area (Å²) in [5.41, 5.74) is 8.32. The number of carbonyl (C=O) groups is 3. The van der Waals surface area contributed by atoms with E-state index in [1.807, 2.05) is 6.92 Å². The molecular weight excluding hydrogens is 488 g/mol. The molecule has 38 heavy (non-hydrogen) atoms. The maximum atomic E-state index is 13.0. The first kappa shape index (κ1) is 26.4. The Balaban J connectivity index is 1.34. The van der Waals surface area contributed by atoms with Crippen molar-refractivity contribution in [2.45, 2.75) is 19.4 Å². The molecule has 3 amide bonds. The van der Waals surface area contributed by atoms with E-state index in [9.17, 15) is 14.4 Å². The summed E-state index contributed by atoms with van der Waals surface area (Å²) in [6.07, 6.45) is 5.97. The van der Waals surface area contributed by atoms with Crippen LogP contribution < -0.4 is 32.3 Å². The Labute approximate surface area is 220 Å². The van der Waals surface area contributed by atoms with Crippen molar-refractivity contribution < 1.29 is 14.4 Å². The summed E-state index contributed by atoms with van der Waals surface area (Å²) in [7, 11) is 5.17. The summed E-state index contributed by atoms with van der Waals surface area (Å²) >= 11 is 0. The number of amides is 3. The van der Waals surface area contributed by atoms with Gasteiger partial charge in [0, 0.05) is 65.4 Å². The van der Waals surface area contributed by atoms with Crippen molar-refractivity contribution in [1.29, 1.82) is 0 Å². The van der Waals surface area contributed by atoms with Gasteiger partial charge in [0.15, 0.2) is 5.96 Å². The first-order chi connectivity index (χ1) is 18.1. The van der Waals surface area contributed by atoms with E-state index >= 15 is 0 Å². The summed E-state index contributed by atoms with van der Waals surface area (Å²) in [6.45, 7) is 4.03. The summed E-state index contributed by atoms with van der Waals surface area (Å²) in [5, 5.41) is 14.9. The average Bonchev–Trinajstić information content (AvgIpc) is 3.53. The lowest BCUT2D eigenvalue weighted by Gasteiger charge is -2.21. The number of nitrogen functional groups attached to an aromatic ring is 1. The van der Waals surface area contributed by atoms with Gasteiger partial charge in [-0.15, -0.1) is 0 Å². The number of nitrogens with two attached hydrogens (primary N) is 1. The molecule has 1 aliphatic rings. The number of aromatic nitrogens is 3. The molecule has 4 heterocycles. The number of guanidine groups is 1. The predicted molar refractivity (Wildman–Crippen MR) is 146 cm³/mol. The molecule has 3 aromatic heterocycles. The fourth-order valence-corrected chi connectivity index (χ4v) is 4.17. The SMILES string of the molecule is CC(CNC(=O)c1cc(NC(=O)c2cc(NC(=O)c3cc(N)cn3C)cn2C)cn1C)NC1=NCCCN1. The van der Waals surface area contributed by atoms with Gasteiger partial charge in [-0.2, -0.15) is 0 Å². The third kappa shape index (κ3) is 6.17. The van der Waals surface area contributed by atoms with Gasteiger partial charge in [0.05, 0.1) is 17.1 Å². The molecule has 1 aliphatic heterocycles. The molecular formula is C25H34N10O3. The molecule has 0 saturated heterocycles. The maximum Gasteiger partial charge on any atom is 0.272 e. The highest BCUT2D eigenvalue weighted by Crippen LogP contribution is 2.19. The van der Waals surface area contributed by atoms with Gasteiger partial charge in [-0.3, -0.25) is 19.4 Å². The summed E-state index contributed by atoms with van der Waals surface area (Å²) in [5.74, 6) is -0.236. The predicted octanol–water partition coefficient (Wildman–Crippen LogP) is 0.846. The molecule has 0 fully saturated rings. The summed E-state index contributed by atoms with van der Waals surface area (Å²) in [6, 6.07) is 4.75. The number of hydrogen-bond acceptors (Lipinski definition) is 7. The van der Waals surface area contributed by atoms with E-state index < -0.39 is 0 Å². The number of nitrogens with one attached hydrogen (secondary N) is 5. The molecule has 13 heteroatoms. The zero-order valence-corrected chi connectivity index (χ0v) is 22.0. The molecule has 0 bridgehead atoms. The minimum atomic E-state index is -0.382. The molecule has 13 nitrogen and oxygen atoms in total. The van der Waals surface area contributed by atoms with Crippen LogP contribution in [0, 0.1) is 0 Å². The monoisotopic (exact) mass is 522 g/mol. The molecule has 202 valence electrons. The number of carbonyl (C=O) groups excluding carboxylic acids is 3. The molecule has 7 N–H and O–H groups in total. The van der Waals surface area contributed by atoms with Gasteiger partial charge in [0.2, 0.25) is 0 Å². The highest BCUT2D eigenvalue weighted by atomic mass is 16.2. The van der Waals surface area contributed by atoms with Crippen LogP contribution in [0.25, 0.3) is 0 Å². The molecule has 0 aliphatic carbocycles. The zero-order valence-electron chi connectivity index (χ0n) is 22.0. The second-order valence-electron chi connectivity index (χ2n) is 9.39. The van der Waals surface area contributed by atoms with Gasteiger partial charge >= 0.3 is 0 Å². The fraction of sp³-hybridized carbons (Fsp3) is 0.360. The first-order valence-electron chi connectivity index (χ1n) is 12.3. The Morgan fingerprint density at radius 3 is 2.00 bits per heavy atom. The number of aliphatic imine (C=N–C) groups is 1. The van der Waals surface area contributed by atoms with Crippen LogP contribution in [-0.4, -0.2) is 63.1 Å². The van der Waals surface area contributed by atoms with Crippen LogP contribution in [0.5, 0.6) is 0 Å². The van der Waals surface area contributed by atoms with Gasteiger partial charge < -0.3 is 46.0 Å². The average molecular weight is 523 g/mol. The molecule has 1 unspecified atom stereocenters. The lowest BCUT2D eigenvalue weighted by atomic mass is 10.3. The van der Waals surface area contributed by atoms with Gasteiger partial charge in [0.1, 0.15) is 17.1 Å². The van der Waals surface area contributed by atoms with E-state index in [-0.39, 0.29) is 23.8 Å². The topological polar surface area (TPSA) is 165 Å². The largest absolute Gasteiger partial charge is 0.397 e. The van der Waals surface area contributed by atoms with Crippen LogP contribution >= 0.6 is 0 Å². The van der Waals surface area contributed by atoms with Crippen molar-refractivity contribution in [2.24, 2.45) is 26.1 Å². The van der Waals surface area contributed by atoms with E-state index in [0.717, 1.165) is 25.5 Å². The summed E-state index contributed by atoms with van der Waals surface area (Å²) < 4.78 is 4.89. The van der Waals surface area contributed by atoms with E-state index in [0.29, 0.717) is 40.7 Å². The standard InChI is InChI=1S/C25H34N10O3/c1-15(30-25-27-6-5-7-28-25)11-29-22(36)20-9-17(13-34(20)3)32-24(38)21-10-18(14-35(21)4)31-23(37)19-8-16(26)12-33(19)2/h8-10,12-15H,5-7,11,26H2,1-4H3,(H,29,36)(H,31,37)(H,32,38)(H2,27,28,30). The summed E-state index contributed by atoms with van der Waals surface area (Å²) in [4.78, 5) is 42.7. The van der Waals surface area contributed by atoms with Gasteiger partial charge in [-0.05, 0) is 31.5 Å². The Morgan fingerprint density at radius 1 is 0.921 bits per heavy atom. The van der Waals surface area contributed by atoms with Crippen molar-refractivity contribution in [1.82, 2.24) is 29.7 Å². The van der Waals surface area contributed by atoms with Gasteiger partial charge in [-0.25, -0.2) is 0 Å². The van der Waals surface area contributed by atoms with Gasteiger partial charge in [-0.1, -0.05) is 0 Å². The van der Waals surface area contributed by atoms with Crippen molar-refractivity contribution in [3.8, 4) is 0 Å². The number of rotatable bonds is 8. The second kappa shape index (κ2) is 11.2. The van der Waals surface area contributed by atoms with Crippen molar-refractivity contribution in [3.63, 3.8) is 0 Å². The molecule has 1 atom stereocenters. The Kier molecular flexibility index (Phi) is 7.74.